The molecule has 184 valence electrons. The third kappa shape index (κ3) is 4.65. The predicted molar refractivity (Wildman–Crippen MR) is 142 cm³/mol. The van der Waals surface area contributed by atoms with Gasteiger partial charge in [0.05, 0.1) is 26.4 Å². The van der Waals surface area contributed by atoms with Crippen LogP contribution in [0.5, 0.6) is 0 Å². The largest absolute Gasteiger partial charge is 0.378 e. The number of morpholine rings is 2. The van der Waals surface area contributed by atoms with E-state index in [4.69, 9.17) is 9.47 Å². The van der Waals surface area contributed by atoms with E-state index in [1.54, 1.807) is 0 Å². The highest BCUT2D eigenvalue weighted by molar-refractivity contribution is 6.07. The summed E-state index contributed by atoms with van der Waals surface area (Å²) in [5, 5.41) is 4.07. The lowest BCUT2D eigenvalue weighted by molar-refractivity contribution is 0.102. The Morgan fingerprint density at radius 2 is 1.58 bits per heavy atom. The number of H-pyrrole nitrogens is 1. The predicted octanol–water partition coefficient (Wildman–Crippen LogP) is 4.16. The number of rotatable bonds is 5. The zero-order chi connectivity index (χ0) is 24.3. The molecule has 8 nitrogen and oxygen atoms in total. The molecule has 0 aliphatic carbocycles. The number of aromatic amines is 1. The molecule has 2 aromatic heterocycles. The molecule has 4 aromatic rings. The van der Waals surface area contributed by atoms with Crippen LogP contribution in [0.15, 0.2) is 67.0 Å². The number of anilines is 3. The number of fused-ring (bicyclic) bond motifs is 1. The Hall–Kier alpha value is -3.88. The average Bonchev–Trinajstić information content (AvgIpc) is 3.38. The smallest absolute Gasteiger partial charge is 0.255 e. The number of nitrogens with zero attached hydrogens (tertiary/aromatic N) is 3. The van der Waals surface area contributed by atoms with Crippen LogP contribution in [0.3, 0.4) is 0 Å². The van der Waals surface area contributed by atoms with Gasteiger partial charge in [-0.2, -0.15) is 0 Å². The van der Waals surface area contributed by atoms with Crippen molar-refractivity contribution >= 4 is 34.0 Å². The highest BCUT2D eigenvalue weighted by atomic mass is 16.5. The van der Waals surface area contributed by atoms with Crippen LogP contribution in [0, 0.1) is 0 Å². The standard InChI is InChI=1S/C28H29N5O3/c34-28(31-22-3-5-23(6-4-22)32-9-13-35-14-10-32)20-1-7-24-25(19-29-26(24)17-20)21-2-8-27(30-18-21)33-11-15-36-16-12-33/h1-8,17-19,29H,9-16H2,(H,31,34). The number of benzene rings is 2. The minimum absolute atomic E-state index is 0.135. The first kappa shape index (κ1) is 22.6. The summed E-state index contributed by atoms with van der Waals surface area (Å²) < 4.78 is 10.9. The van der Waals surface area contributed by atoms with Gasteiger partial charge in [-0.15, -0.1) is 0 Å². The molecule has 2 aliphatic heterocycles. The van der Waals surface area contributed by atoms with Gasteiger partial charge in [0.2, 0.25) is 0 Å². The number of carbonyl (C=O) groups excluding carboxylic acids is 1. The highest BCUT2D eigenvalue weighted by Gasteiger charge is 2.15. The van der Waals surface area contributed by atoms with Crippen LogP contribution in [-0.2, 0) is 9.47 Å². The zero-order valence-corrected chi connectivity index (χ0v) is 20.1. The van der Waals surface area contributed by atoms with Gasteiger partial charge in [-0.3, -0.25) is 4.79 Å². The lowest BCUT2D eigenvalue weighted by atomic mass is 10.0. The fourth-order valence-corrected chi connectivity index (χ4v) is 4.81. The number of amides is 1. The second-order valence-corrected chi connectivity index (χ2v) is 9.07. The molecule has 4 heterocycles. The van der Waals surface area contributed by atoms with Crippen LogP contribution in [-0.4, -0.2) is 68.5 Å². The van der Waals surface area contributed by atoms with E-state index in [-0.39, 0.29) is 5.91 Å². The number of hydrogen-bond acceptors (Lipinski definition) is 6. The van der Waals surface area contributed by atoms with Gasteiger partial charge >= 0.3 is 0 Å². The summed E-state index contributed by atoms with van der Waals surface area (Å²) >= 11 is 0. The Kier molecular flexibility index (Phi) is 6.27. The molecule has 0 spiro atoms. The van der Waals surface area contributed by atoms with E-state index in [1.807, 2.05) is 54.9 Å². The van der Waals surface area contributed by atoms with Crippen LogP contribution in [0.1, 0.15) is 10.4 Å². The maximum absolute atomic E-state index is 12.9. The molecule has 6 rings (SSSR count). The maximum Gasteiger partial charge on any atom is 0.255 e. The van der Waals surface area contributed by atoms with Crippen molar-refractivity contribution in [3.05, 3.63) is 72.6 Å². The van der Waals surface area contributed by atoms with E-state index < -0.39 is 0 Å². The summed E-state index contributed by atoms with van der Waals surface area (Å²) in [5.74, 6) is 0.836. The molecule has 36 heavy (non-hydrogen) atoms. The zero-order valence-electron chi connectivity index (χ0n) is 20.1. The number of pyridine rings is 1. The van der Waals surface area contributed by atoms with Crippen LogP contribution in [0.2, 0.25) is 0 Å². The van der Waals surface area contributed by atoms with E-state index in [9.17, 15) is 4.79 Å². The Morgan fingerprint density at radius 3 is 2.28 bits per heavy atom. The molecule has 2 aromatic carbocycles. The van der Waals surface area contributed by atoms with E-state index in [0.29, 0.717) is 5.56 Å². The van der Waals surface area contributed by atoms with E-state index in [2.05, 4.69) is 37.2 Å². The molecule has 0 atom stereocenters. The van der Waals surface area contributed by atoms with Crippen molar-refractivity contribution in [2.45, 2.75) is 0 Å². The van der Waals surface area contributed by atoms with Crippen molar-refractivity contribution < 1.29 is 14.3 Å². The van der Waals surface area contributed by atoms with Gasteiger partial charge in [-0.25, -0.2) is 4.98 Å². The molecule has 0 saturated carbocycles. The molecule has 0 unspecified atom stereocenters. The van der Waals surface area contributed by atoms with Crippen molar-refractivity contribution in [3.63, 3.8) is 0 Å². The van der Waals surface area contributed by atoms with Gasteiger partial charge < -0.3 is 29.6 Å². The molecule has 2 N–H and O–H groups in total. The summed E-state index contributed by atoms with van der Waals surface area (Å²) in [4.78, 5) is 25.5. The van der Waals surface area contributed by atoms with Crippen molar-refractivity contribution in [2.75, 3.05) is 67.7 Å². The first-order valence-corrected chi connectivity index (χ1v) is 12.4. The maximum atomic E-state index is 12.9. The van der Waals surface area contributed by atoms with Crippen LogP contribution < -0.4 is 15.1 Å². The van der Waals surface area contributed by atoms with Gasteiger partial charge in [0, 0.05) is 77.5 Å². The van der Waals surface area contributed by atoms with Crippen LogP contribution >= 0.6 is 0 Å². The number of nitrogens with one attached hydrogen (secondary N) is 2. The summed E-state index contributed by atoms with van der Waals surface area (Å²) in [7, 11) is 0. The molecule has 1 amide bonds. The monoisotopic (exact) mass is 483 g/mol. The lowest BCUT2D eigenvalue weighted by Crippen LogP contribution is -2.36. The molecule has 0 radical (unpaired) electrons. The Morgan fingerprint density at radius 1 is 0.861 bits per heavy atom. The van der Waals surface area contributed by atoms with Crippen molar-refractivity contribution in [1.29, 1.82) is 0 Å². The number of aromatic nitrogens is 2. The SMILES string of the molecule is O=C(Nc1ccc(N2CCOCC2)cc1)c1ccc2c(-c3ccc(N4CCOCC4)nc3)c[nH]c2c1. The fourth-order valence-electron chi connectivity index (χ4n) is 4.81. The molecule has 2 saturated heterocycles. The number of hydrogen-bond donors (Lipinski definition) is 2. The van der Waals surface area contributed by atoms with E-state index in [0.717, 1.165) is 91.8 Å². The van der Waals surface area contributed by atoms with Crippen molar-refractivity contribution in [2.24, 2.45) is 0 Å². The van der Waals surface area contributed by atoms with Gasteiger partial charge in [0.25, 0.3) is 5.91 Å². The van der Waals surface area contributed by atoms with Crippen LogP contribution in [0.25, 0.3) is 22.0 Å². The Balaban J connectivity index is 1.15. The molecular formula is C28H29N5O3. The number of ether oxygens (including phenoxy) is 2. The Bertz CT molecular complexity index is 1340. The molecule has 0 bridgehead atoms. The topological polar surface area (TPSA) is 82.7 Å². The molecule has 2 fully saturated rings. The third-order valence-corrected chi connectivity index (χ3v) is 6.84. The fraction of sp³-hybridized carbons (Fsp3) is 0.286. The summed E-state index contributed by atoms with van der Waals surface area (Å²) in [5.41, 5.74) is 5.54. The third-order valence-electron chi connectivity index (χ3n) is 6.84. The summed E-state index contributed by atoms with van der Waals surface area (Å²) in [6.45, 7) is 6.47. The minimum Gasteiger partial charge on any atom is -0.378 e. The first-order valence-electron chi connectivity index (χ1n) is 12.4. The van der Waals surface area contributed by atoms with Crippen molar-refractivity contribution in [3.8, 4) is 11.1 Å². The second-order valence-electron chi connectivity index (χ2n) is 9.07. The normalized spacial score (nSPS) is 16.3. The molecule has 8 heteroatoms. The van der Waals surface area contributed by atoms with Gasteiger partial charge in [0.15, 0.2) is 0 Å². The molecule has 2 aliphatic rings. The summed E-state index contributed by atoms with van der Waals surface area (Å²) in [6, 6.07) is 17.9. The van der Waals surface area contributed by atoms with Gasteiger partial charge in [0.1, 0.15) is 5.82 Å². The minimum atomic E-state index is -0.135. The quantitative estimate of drug-likeness (QED) is 0.444. The summed E-state index contributed by atoms with van der Waals surface area (Å²) in [6.07, 6.45) is 3.89. The average molecular weight is 484 g/mol. The lowest BCUT2D eigenvalue weighted by Gasteiger charge is -2.28. The van der Waals surface area contributed by atoms with E-state index in [1.165, 1.54) is 0 Å². The number of carbonyl (C=O) groups is 1. The van der Waals surface area contributed by atoms with Gasteiger partial charge in [-0.05, 0) is 48.5 Å². The first-order chi connectivity index (χ1) is 17.7. The Labute approximate surface area is 209 Å². The van der Waals surface area contributed by atoms with E-state index >= 15 is 0 Å². The second kappa shape index (κ2) is 10.0. The van der Waals surface area contributed by atoms with Crippen molar-refractivity contribution in [1.82, 2.24) is 9.97 Å². The van der Waals surface area contributed by atoms with Gasteiger partial charge in [-0.1, -0.05) is 6.07 Å². The van der Waals surface area contributed by atoms with Crippen LogP contribution in [0.4, 0.5) is 17.2 Å². The molecular weight excluding hydrogens is 454 g/mol. The highest BCUT2D eigenvalue weighted by Crippen LogP contribution is 2.30.